The van der Waals surface area contributed by atoms with Gasteiger partial charge in [0, 0.05) is 36.4 Å². The summed E-state index contributed by atoms with van der Waals surface area (Å²) in [4.78, 5) is 6.56. The van der Waals surface area contributed by atoms with Crippen LogP contribution in [-0.4, -0.2) is 31.3 Å². The maximum atomic E-state index is 5.88. The Hall–Kier alpha value is -0.320. The van der Waals surface area contributed by atoms with Crippen molar-refractivity contribution in [1.82, 2.24) is 4.98 Å². The molecule has 0 N–H and O–H groups in total. The largest absolute Gasteiger partial charge is 0.378 e. The minimum atomic E-state index is 0.332. The third-order valence-corrected chi connectivity index (χ3v) is 3.26. The lowest BCUT2D eigenvalue weighted by molar-refractivity contribution is 0.0782. The lowest BCUT2D eigenvalue weighted by Crippen LogP contribution is -2.52. The molecule has 0 bridgehead atoms. The highest BCUT2D eigenvalue weighted by atomic mass is 79.9. The first-order valence-corrected chi connectivity index (χ1v) is 6.05. The predicted molar refractivity (Wildman–Crippen MR) is 64.5 cm³/mol. The first-order chi connectivity index (χ1) is 7.24. The second-order valence-electron chi connectivity index (χ2n) is 3.53. The number of hydrogen-bond donors (Lipinski definition) is 0. The van der Waals surface area contributed by atoms with E-state index in [4.69, 9.17) is 16.3 Å². The number of methoxy groups -OCH3 is 1. The summed E-state index contributed by atoms with van der Waals surface area (Å²) in [6.45, 7) is 1.80. The zero-order valence-corrected chi connectivity index (χ0v) is 10.8. The summed E-state index contributed by atoms with van der Waals surface area (Å²) in [5, 5.41) is 0. The van der Waals surface area contributed by atoms with Gasteiger partial charge in [0.1, 0.15) is 5.82 Å². The van der Waals surface area contributed by atoms with Crippen LogP contribution in [0.25, 0.3) is 0 Å². The van der Waals surface area contributed by atoms with Gasteiger partial charge in [-0.3, -0.25) is 0 Å². The molecule has 0 aliphatic carbocycles. The molecule has 0 radical (unpaired) electrons. The van der Waals surface area contributed by atoms with Gasteiger partial charge < -0.3 is 9.64 Å². The van der Waals surface area contributed by atoms with Crippen LogP contribution in [0, 0.1) is 0 Å². The molecule has 1 aliphatic heterocycles. The van der Waals surface area contributed by atoms with E-state index in [1.807, 2.05) is 6.07 Å². The molecule has 0 amide bonds. The van der Waals surface area contributed by atoms with Gasteiger partial charge in [-0.1, -0.05) is 0 Å². The maximum Gasteiger partial charge on any atom is 0.133 e. The fourth-order valence-electron chi connectivity index (χ4n) is 1.62. The van der Waals surface area contributed by atoms with Crippen molar-refractivity contribution in [1.29, 1.82) is 0 Å². The summed E-state index contributed by atoms with van der Waals surface area (Å²) in [5.74, 6) is 1.46. The minimum Gasteiger partial charge on any atom is -0.378 e. The zero-order valence-electron chi connectivity index (χ0n) is 8.41. The van der Waals surface area contributed by atoms with Crippen molar-refractivity contribution in [3.8, 4) is 0 Å². The van der Waals surface area contributed by atoms with Crippen LogP contribution < -0.4 is 4.90 Å². The lowest BCUT2D eigenvalue weighted by Gasteiger charge is -2.39. The Morgan fingerprint density at radius 2 is 2.40 bits per heavy atom. The van der Waals surface area contributed by atoms with Crippen LogP contribution in [0.4, 0.5) is 5.82 Å². The fourth-order valence-corrected chi connectivity index (χ4v) is 2.19. The average Bonchev–Trinajstić information content (AvgIpc) is 2.18. The number of pyridine rings is 1. The first-order valence-electron chi connectivity index (χ1n) is 4.72. The second kappa shape index (κ2) is 4.68. The molecule has 0 unspecified atom stereocenters. The van der Waals surface area contributed by atoms with Crippen molar-refractivity contribution in [3.05, 3.63) is 22.3 Å². The van der Waals surface area contributed by atoms with Crippen LogP contribution in [-0.2, 0) is 10.6 Å². The number of nitrogens with zero attached hydrogens (tertiary/aromatic N) is 2. The molecule has 0 atom stereocenters. The van der Waals surface area contributed by atoms with Crippen molar-refractivity contribution in [2.45, 2.75) is 12.0 Å². The third-order valence-electron chi connectivity index (χ3n) is 2.53. The molecule has 1 saturated heterocycles. The van der Waals surface area contributed by atoms with Gasteiger partial charge in [0.05, 0.1) is 12.0 Å². The molecule has 1 aromatic heterocycles. The molecule has 0 saturated carbocycles. The number of alkyl halides is 1. The highest BCUT2D eigenvalue weighted by Crippen LogP contribution is 2.27. The lowest BCUT2D eigenvalue weighted by atomic mass is 10.1. The number of ether oxygens (including phenoxy) is 1. The van der Waals surface area contributed by atoms with Gasteiger partial charge in [-0.05, 0) is 22.0 Å². The molecule has 15 heavy (non-hydrogen) atoms. The van der Waals surface area contributed by atoms with E-state index in [0.717, 1.165) is 28.9 Å². The Bertz CT molecular complexity index is 355. The number of anilines is 1. The summed E-state index contributed by atoms with van der Waals surface area (Å²) in [7, 11) is 1.74. The molecule has 2 heterocycles. The van der Waals surface area contributed by atoms with Crippen molar-refractivity contribution in [2.75, 3.05) is 25.1 Å². The average molecular weight is 292 g/mol. The second-order valence-corrected chi connectivity index (χ2v) is 4.72. The molecule has 0 spiro atoms. The molecule has 1 aromatic rings. The molecule has 5 heteroatoms. The number of rotatable bonds is 3. The van der Waals surface area contributed by atoms with Gasteiger partial charge in [-0.25, -0.2) is 4.98 Å². The Balaban J connectivity index is 2.15. The fraction of sp³-hybridized carbons (Fsp3) is 0.500. The molecule has 2 rings (SSSR count). The summed E-state index contributed by atoms with van der Waals surface area (Å²) < 4.78 is 6.19. The summed E-state index contributed by atoms with van der Waals surface area (Å²) in [6, 6.07) is 2.01. The Labute approximate surface area is 103 Å². The zero-order chi connectivity index (χ0) is 10.8. The normalized spacial score (nSPS) is 16.6. The standard InChI is InChI=1S/C10H12BrClN2O/c1-15-9-5-14(6-9)10-7(3-12)2-8(11)4-13-10/h2,4,9H,3,5-6H2,1H3. The van der Waals surface area contributed by atoms with Crippen molar-refractivity contribution < 1.29 is 4.74 Å². The van der Waals surface area contributed by atoms with Gasteiger partial charge in [-0.2, -0.15) is 0 Å². The van der Waals surface area contributed by atoms with Gasteiger partial charge in [-0.15, -0.1) is 11.6 Å². The quantitative estimate of drug-likeness (QED) is 0.800. The van der Waals surface area contributed by atoms with E-state index in [1.54, 1.807) is 13.3 Å². The van der Waals surface area contributed by atoms with Crippen LogP contribution >= 0.6 is 27.5 Å². The van der Waals surface area contributed by atoms with Crippen LogP contribution in [0.5, 0.6) is 0 Å². The van der Waals surface area contributed by atoms with E-state index in [2.05, 4.69) is 25.8 Å². The van der Waals surface area contributed by atoms with E-state index in [-0.39, 0.29) is 0 Å². The summed E-state index contributed by atoms with van der Waals surface area (Å²) in [6.07, 6.45) is 2.13. The Morgan fingerprint density at radius 3 is 3.00 bits per heavy atom. The number of aromatic nitrogens is 1. The van der Waals surface area contributed by atoms with E-state index < -0.39 is 0 Å². The van der Waals surface area contributed by atoms with Crippen LogP contribution in [0.1, 0.15) is 5.56 Å². The molecule has 1 fully saturated rings. The van der Waals surface area contributed by atoms with Crippen molar-refractivity contribution in [2.24, 2.45) is 0 Å². The first kappa shape index (κ1) is 11.2. The van der Waals surface area contributed by atoms with Gasteiger partial charge in [0.15, 0.2) is 0 Å². The smallest absolute Gasteiger partial charge is 0.133 e. The third kappa shape index (κ3) is 2.27. The minimum absolute atomic E-state index is 0.332. The molecular formula is C10H12BrClN2O. The highest BCUT2D eigenvalue weighted by Gasteiger charge is 2.28. The van der Waals surface area contributed by atoms with Gasteiger partial charge in [0.25, 0.3) is 0 Å². The van der Waals surface area contributed by atoms with E-state index in [9.17, 15) is 0 Å². The summed E-state index contributed by atoms with van der Waals surface area (Å²) in [5.41, 5.74) is 1.06. The predicted octanol–water partition coefficient (Wildman–Crippen LogP) is 2.42. The SMILES string of the molecule is COC1CN(c2ncc(Br)cc2CCl)C1. The highest BCUT2D eigenvalue weighted by molar-refractivity contribution is 9.10. The van der Waals surface area contributed by atoms with E-state index in [1.165, 1.54) is 0 Å². The molecular weight excluding hydrogens is 279 g/mol. The number of halogens is 2. The van der Waals surface area contributed by atoms with E-state index >= 15 is 0 Å². The van der Waals surface area contributed by atoms with Gasteiger partial charge in [0.2, 0.25) is 0 Å². The van der Waals surface area contributed by atoms with Gasteiger partial charge >= 0.3 is 0 Å². The Morgan fingerprint density at radius 1 is 1.67 bits per heavy atom. The molecule has 1 aliphatic rings. The van der Waals surface area contributed by atoms with E-state index in [0.29, 0.717) is 12.0 Å². The number of hydrogen-bond acceptors (Lipinski definition) is 3. The van der Waals surface area contributed by atoms with Crippen LogP contribution in [0.2, 0.25) is 0 Å². The topological polar surface area (TPSA) is 25.4 Å². The van der Waals surface area contributed by atoms with Crippen molar-refractivity contribution in [3.63, 3.8) is 0 Å². The molecule has 82 valence electrons. The Kier molecular flexibility index (Phi) is 3.49. The van der Waals surface area contributed by atoms with Crippen LogP contribution in [0.3, 0.4) is 0 Å². The maximum absolute atomic E-state index is 5.88. The summed E-state index contributed by atoms with van der Waals surface area (Å²) >= 11 is 9.27. The monoisotopic (exact) mass is 290 g/mol. The molecule has 0 aromatic carbocycles. The molecule has 3 nitrogen and oxygen atoms in total. The van der Waals surface area contributed by atoms with Crippen molar-refractivity contribution >= 4 is 33.3 Å². The van der Waals surface area contributed by atoms with Crippen LogP contribution in [0.15, 0.2) is 16.7 Å².